The lowest BCUT2D eigenvalue weighted by Gasteiger charge is -2.11. The van der Waals surface area contributed by atoms with Crippen LogP contribution in [0.25, 0.3) is 0 Å². The number of halogens is 2. The molecule has 0 fully saturated rings. The van der Waals surface area contributed by atoms with Crippen molar-refractivity contribution in [3.63, 3.8) is 0 Å². The summed E-state index contributed by atoms with van der Waals surface area (Å²) in [5.74, 6) is -0.884. The van der Waals surface area contributed by atoms with Gasteiger partial charge in [-0.3, -0.25) is 9.52 Å². The highest BCUT2D eigenvalue weighted by Crippen LogP contribution is 2.29. The van der Waals surface area contributed by atoms with Crippen molar-refractivity contribution in [2.45, 2.75) is 11.8 Å². The van der Waals surface area contributed by atoms with E-state index in [1.807, 2.05) is 0 Å². The van der Waals surface area contributed by atoms with E-state index in [0.29, 0.717) is 15.3 Å². The Kier molecular flexibility index (Phi) is 5.69. The number of aromatic hydroxyl groups is 1. The number of aryl methyl sites for hydroxylation is 1. The minimum atomic E-state index is -3.98. The Labute approximate surface area is 174 Å². The van der Waals surface area contributed by atoms with E-state index in [2.05, 4.69) is 26.0 Å². The molecule has 1 amide bonds. The number of nitrogens with one attached hydrogen (secondary N) is 2. The molecule has 0 radical (unpaired) electrons. The molecule has 0 aliphatic rings. The standard InChI is InChI=1S/C18H14BrClN2O5S/c1-10-7-16(19)27-17(10)18(24)21-14-9-13(5-6-15(14)23)28(25,26)22-12-4-2-3-11(20)8-12/h2-9,22-23H,1H3,(H,21,24). The lowest BCUT2D eigenvalue weighted by molar-refractivity contribution is 0.0994. The van der Waals surface area contributed by atoms with Crippen LogP contribution in [0.3, 0.4) is 0 Å². The van der Waals surface area contributed by atoms with E-state index >= 15 is 0 Å². The van der Waals surface area contributed by atoms with Gasteiger partial charge in [-0.2, -0.15) is 0 Å². The molecule has 10 heteroatoms. The van der Waals surface area contributed by atoms with Gasteiger partial charge < -0.3 is 14.8 Å². The molecular weight excluding hydrogens is 472 g/mol. The molecule has 0 unspecified atom stereocenters. The van der Waals surface area contributed by atoms with Gasteiger partial charge in [-0.25, -0.2) is 8.42 Å². The molecule has 0 saturated heterocycles. The summed E-state index contributed by atoms with van der Waals surface area (Å²) in [6, 6.07) is 11.4. The minimum Gasteiger partial charge on any atom is -0.506 e. The summed E-state index contributed by atoms with van der Waals surface area (Å²) in [4.78, 5) is 12.2. The molecular formula is C18H14BrClN2O5S. The smallest absolute Gasteiger partial charge is 0.291 e. The van der Waals surface area contributed by atoms with Crippen molar-refractivity contribution in [2.24, 2.45) is 0 Å². The zero-order valence-electron chi connectivity index (χ0n) is 14.4. The average molecular weight is 486 g/mol. The number of benzene rings is 2. The SMILES string of the molecule is Cc1cc(Br)oc1C(=O)Nc1cc(S(=O)(=O)Nc2cccc(Cl)c2)ccc1O. The van der Waals surface area contributed by atoms with Crippen LogP contribution < -0.4 is 10.0 Å². The average Bonchev–Trinajstić information content (AvgIpc) is 2.94. The van der Waals surface area contributed by atoms with E-state index in [4.69, 9.17) is 16.0 Å². The van der Waals surface area contributed by atoms with Crippen molar-refractivity contribution in [2.75, 3.05) is 10.0 Å². The van der Waals surface area contributed by atoms with Crippen molar-refractivity contribution < 1.29 is 22.7 Å². The number of amides is 1. The summed E-state index contributed by atoms with van der Waals surface area (Å²) in [5.41, 5.74) is 0.781. The van der Waals surface area contributed by atoms with Crippen LogP contribution in [0.2, 0.25) is 5.02 Å². The summed E-state index contributed by atoms with van der Waals surface area (Å²) in [6.07, 6.45) is 0. The fourth-order valence-electron chi connectivity index (χ4n) is 2.40. The summed E-state index contributed by atoms with van der Waals surface area (Å²) in [5, 5.41) is 12.8. The molecule has 28 heavy (non-hydrogen) atoms. The number of rotatable bonds is 5. The number of anilines is 2. The van der Waals surface area contributed by atoms with Crippen molar-refractivity contribution >= 4 is 54.8 Å². The zero-order chi connectivity index (χ0) is 20.5. The van der Waals surface area contributed by atoms with E-state index < -0.39 is 15.9 Å². The summed E-state index contributed by atoms with van der Waals surface area (Å²) in [7, 11) is -3.98. The Balaban J connectivity index is 1.88. The molecule has 0 atom stereocenters. The Bertz CT molecular complexity index is 1160. The third-order valence-electron chi connectivity index (χ3n) is 3.70. The summed E-state index contributed by atoms with van der Waals surface area (Å²) < 4.78 is 33.3. The number of sulfonamides is 1. The molecule has 0 saturated carbocycles. The monoisotopic (exact) mass is 484 g/mol. The molecule has 7 nitrogen and oxygen atoms in total. The predicted octanol–water partition coefficient (Wildman–Crippen LogP) is 4.76. The first-order valence-electron chi connectivity index (χ1n) is 7.84. The summed E-state index contributed by atoms with van der Waals surface area (Å²) in [6.45, 7) is 1.68. The second-order valence-corrected chi connectivity index (χ2v) is 8.71. The van der Waals surface area contributed by atoms with Crippen LogP contribution in [0.1, 0.15) is 16.1 Å². The van der Waals surface area contributed by atoms with E-state index in [-0.39, 0.29) is 27.8 Å². The molecule has 1 aromatic heterocycles. The molecule has 0 aliphatic heterocycles. The fourth-order valence-corrected chi connectivity index (χ4v) is 4.17. The van der Waals surface area contributed by atoms with Gasteiger partial charge in [0.2, 0.25) is 0 Å². The molecule has 1 heterocycles. The van der Waals surface area contributed by atoms with Gasteiger partial charge in [0, 0.05) is 10.6 Å². The number of phenolic OH excluding ortho intramolecular Hbond substituents is 1. The number of carbonyl (C=O) groups is 1. The van der Waals surface area contributed by atoms with Crippen molar-refractivity contribution in [1.82, 2.24) is 0 Å². The molecule has 0 bridgehead atoms. The lowest BCUT2D eigenvalue weighted by Crippen LogP contribution is -2.15. The van der Waals surface area contributed by atoms with Gasteiger partial charge >= 0.3 is 0 Å². The van der Waals surface area contributed by atoms with Gasteiger partial charge in [0.25, 0.3) is 15.9 Å². The lowest BCUT2D eigenvalue weighted by atomic mass is 10.2. The van der Waals surface area contributed by atoms with E-state index in [9.17, 15) is 18.3 Å². The minimum absolute atomic E-state index is 0.0385. The normalized spacial score (nSPS) is 11.2. The Morgan fingerprint density at radius 2 is 1.93 bits per heavy atom. The summed E-state index contributed by atoms with van der Waals surface area (Å²) >= 11 is 9.00. The van der Waals surface area contributed by atoms with Gasteiger partial charge in [-0.05, 0) is 65.3 Å². The third kappa shape index (κ3) is 4.49. The highest BCUT2D eigenvalue weighted by atomic mass is 79.9. The van der Waals surface area contributed by atoms with Crippen molar-refractivity contribution in [3.05, 3.63) is 69.5 Å². The molecule has 3 N–H and O–H groups in total. The molecule has 3 aromatic rings. The van der Waals surface area contributed by atoms with E-state index in [1.165, 1.54) is 18.2 Å². The Morgan fingerprint density at radius 1 is 1.18 bits per heavy atom. The third-order valence-corrected chi connectivity index (χ3v) is 5.70. The molecule has 3 rings (SSSR count). The first-order chi connectivity index (χ1) is 13.2. The van der Waals surface area contributed by atoms with E-state index in [0.717, 1.165) is 6.07 Å². The van der Waals surface area contributed by atoms with Crippen molar-refractivity contribution in [3.8, 4) is 5.75 Å². The molecule has 146 valence electrons. The predicted molar refractivity (Wildman–Crippen MR) is 109 cm³/mol. The van der Waals surface area contributed by atoms with Crippen LogP contribution in [0.4, 0.5) is 11.4 Å². The second-order valence-electron chi connectivity index (χ2n) is 5.81. The van der Waals surface area contributed by atoms with Crippen LogP contribution in [0.5, 0.6) is 5.75 Å². The van der Waals surface area contributed by atoms with Crippen LogP contribution >= 0.6 is 27.5 Å². The second kappa shape index (κ2) is 7.86. The van der Waals surface area contributed by atoms with Gasteiger partial charge in [-0.15, -0.1) is 0 Å². The highest BCUT2D eigenvalue weighted by Gasteiger charge is 2.20. The van der Waals surface area contributed by atoms with Crippen LogP contribution in [0, 0.1) is 6.92 Å². The maximum atomic E-state index is 12.6. The van der Waals surface area contributed by atoms with Gasteiger partial charge in [-0.1, -0.05) is 17.7 Å². The van der Waals surface area contributed by atoms with Gasteiger partial charge in [0.15, 0.2) is 10.4 Å². The topological polar surface area (TPSA) is 109 Å². The Hall–Kier alpha value is -2.49. The Morgan fingerprint density at radius 3 is 2.57 bits per heavy atom. The number of furan rings is 1. The highest BCUT2D eigenvalue weighted by molar-refractivity contribution is 9.10. The van der Waals surface area contributed by atoms with Gasteiger partial charge in [0.05, 0.1) is 16.3 Å². The number of hydrogen-bond donors (Lipinski definition) is 3. The van der Waals surface area contributed by atoms with Crippen LogP contribution in [-0.4, -0.2) is 19.4 Å². The number of hydrogen-bond acceptors (Lipinski definition) is 5. The molecule has 0 spiro atoms. The van der Waals surface area contributed by atoms with Gasteiger partial charge in [0.1, 0.15) is 5.75 Å². The first-order valence-corrected chi connectivity index (χ1v) is 10.5. The zero-order valence-corrected chi connectivity index (χ0v) is 17.5. The quantitative estimate of drug-likeness (QED) is 0.451. The van der Waals surface area contributed by atoms with Crippen LogP contribution in [0.15, 0.2) is 62.5 Å². The van der Waals surface area contributed by atoms with Crippen molar-refractivity contribution in [1.29, 1.82) is 0 Å². The maximum Gasteiger partial charge on any atom is 0.291 e. The van der Waals surface area contributed by atoms with Crippen LogP contribution in [-0.2, 0) is 10.0 Å². The fraction of sp³-hybridized carbons (Fsp3) is 0.0556. The maximum absolute atomic E-state index is 12.6. The first kappa shape index (κ1) is 20.2. The van der Waals surface area contributed by atoms with E-state index in [1.54, 1.807) is 31.2 Å². The largest absolute Gasteiger partial charge is 0.506 e. The molecule has 0 aliphatic carbocycles. The number of carbonyl (C=O) groups excluding carboxylic acids is 1. The number of phenols is 1. The molecule has 2 aromatic carbocycles.